The van der Waals surface area contributed by atoms with E-state index in [1.807, 2.05) is 13.8 Å². The van der Waals surface area contributed by atoms with Crippen molar-refractivity contribution in [2.24, 2.45) is 11.8 Å². The van der Waals surface area contributed by atoms with Gasteiger partial charge in [-0.25, -0.2) is 9.78 Å². The quantitative estimate of drug-likeness (QED) is 0.511. The lowest BCUT2D eigenvalue weighted by Gasteiger charge is -2.29. The number of carbonyl (C=O) groups is 4. The van der Waals surface area contributed by atoms with Gasteiger partial charge in [-0.1, -0.05) is 57.6 Å². The fourth-order valence-corrected chi connectivity index (χ4v) is 4.64. The molecule has 0 radical (unpaired) electrons. The highest BCUT2D eigenvalue weighted by Crippen LogP contribution is 2.25. The van der Waals surface area contributed by atoms with E-state index in [1.54, 1.807) is 39.0 Å². The molecule has 3 rings (SSSR count). The smallest absolute Gasteiger partial charge is 0.329 e. The number of ketones is 1. The number of nitrogens with zero attached hydrogens (tertiary/aromatic N) is 2. The number of ether oxygens (including phenoxy) is 1. The number of amides is 2. The minimum Gasteiger partial charge on any atom is -0.460 e. The van der Waals surface area contributed by atoms with Gasteiger partial charge in [0.1, 0.15) is 24.2 Å². The highest BCUT2D eigenvalue weighted by molar-refractivity contribution is 5.95. The summed E-state index contributed by atoms with van der Waals surface area (Å²) in [5.41, 5.74) is 0.648. The normalized spacial score (nSPS) is 28.7. The summed E-state index contributed by atoms with van der Waals surface area (Å²) in [5, 5.41) is 12.9. The Kier molecular flexibility index (Phi) is 13.6. The van der Waals surface area contributed by atoms with Gasteiger partial charge in [-0.2, -0.15) is 0 Å². The average Bonchev–Trinajstić information content (AvgIpc) is 3.62. The highest BCUT2D eigenvalue weighted by Gasteiger charge is 2.39. The largest absolute Gasteiger partial charge is 0.460 e. The number of oxazole rings is 1. The molecular weight excluding hydrogens is 533 g/mol. The second-order valence-corrected chi connectivity index (χ2v) is 10.1. The van der Waals surface area contributed by atoms with E-state index in [0.29, 0.717) is 25.0 Å². The number of carbonyl (C=O) groups excluding carboxylic acids is 4. The molecule has 0 spiro atoms. The molecule has 2 amide bonds. The first-order valence-electron chi connectivity index (χ1n) is 14.1. The number of hydrogen-bond donors (Lipinski definition) is 2. The van der Waals surface area contributed by atoms with Gasteiger partial charge in [-0.15, -0.1) is 0 Å². The fraction of sp³-hybridized carbons (Fsp3) is 0.567. The molecule has 1 aromatic heterocycles. The van der Waals surface area contributed by atoms with Crippen LogP contribution < -0.4 is 5.32 Å². The number of Topliss-reactive ketones (excluding diaryl/α,β-unsaturated/α-hetero) is 1. The summed E-state index contributed by atoms with van der Waals surface area (Å²) in [6.07, 6.45) is 7.60. The van der Waals surface area contributed by atoms with Crippen LogP contribution in [0.1, 0.15) is 70.3 Å². The molecule has 0 saturated carbocycles. The molecule has 10 nitrogen and oxygen atoms in total. The maximum absolute atomic E-state index is 13.6. The molecule has 0 aliphatic carbocycles. The number of nitrogens with one attached hydrogen (secondary N) is 1. The van der Waals surface area contributed by atoms with E-state index < -0.39 is 48.6 Å². The molecular formula is C30H42FN3O7. The van der Waals surface area contributed by atoms with E-state index in [0.717, 1.165) is 6.26 Å². The first-order chi connectivity index (χ1) is 19.6. The Morgan fingerprint density at radius 1 is 1.22 bits per heavy atom. The maximum atomic E-state index is 13.6. The van der Waals surface area contributed by atoms with Crippen LogP contribution in [0.5, 0.6) is 0 Å². The highest BCUT2D eigenvalue weighted by atomic mass is 19.1. The minimum atomic E-state index is -1.03. The van der Waals surface area contributed by atoms with E-state index >= 15 is 0 Å². The Bertz CT molecular complexity index is 1140. The number of alkyl halides is 1. The summed E-state index contributed by atoms with van der Waals surface area (Å²) >= 11 is 0. The number of allylic oxidation sites excluding steroid dienone is 2. The molecule has 2 N–H and O–H groups in total. The third-order valence-corrected chi connectivity index (χ3v) is 6.70. The molecule has 226 valence electrons. The van der Waals surface area contributed by atoms with Crippen molar-refractivity contribution in [1.82, 2.24) is 15.2 Å². The third-order valence-electron chi connectivity index (χ3n) is 6.70. The number of esters is 1. The lowest BCUT2D eigenvalue weighted by molar-refractivity contribution is -0.158. The van der Waals surface area contributed by atoms with Gasteiger partial charge in [-0.3, -0.25) is 18.8 Å². The fourth-order valence-electron chi connectivity index (χ4n) is 4.64. The van der Waals surface area contributed by atoms with Crippen LogP contribution in [-0.4, -0.2) is 76.6 Å². The summed E-state index contributed by atoms with van der Waals surface area (Å²) in [5.74, 6) is -3.00. The van der Waals surface area contributed by atoms with Gasteiger partial charge in [0.2, 0.25) is 11.8 Å². The van der Waals surface area contributed by atoms with E-state index in [9.17, 15) is 28.7 Å². The van der Waals surface area contributed by atoms with Gasteiger partial charge in [0.05, 0.1) is 19.2 Å². The van der Waals surface area contributed by atoms with Crippen LogP contribution in [0.2, 0.25) is 0 Å². The molecule has 2 aliphatic heterocycles. The lowest BCUT2D eigenvalue weighted by atomic mass is 9.93. The number of aliphatic hydroxyl groups is 1. The Hall–Kier alpha value is -3.60. The van der Waals surface area contributed by atoms with Gasteiger partial charge in [-0.05, 0) is 25.8 Å². The molecule has 2 bridgehead atoms. The summed E-state index contributed by atoms with van der Waals surface area (Å²) in [6.45, 7) is 8.87. The van der Waals surface area contributed by atoms with Crippen molar-refractivity contribution in [1.29, 1.82) is 0 Å². The predicted octanol–water partition coefficient (Wildman–Crippen LogP) is 3.51. The first kappa shape index (κ1) is 33.6. The molecule has 41 heavy (non-hydrogen) atoms. The predicted molar refractivity (Wildman–Crippen MR) is 150 cm³/mol. The Morgan fingerprint density at radius 2 is 1.95 bits per heavy atom. The number of rotatable bonds is 2. The van der Waals surface area contributed by atoms with E-state index in [2.05, 4.69) is 10.3 Å². The van der Waals surface area contributed by atoms with Crippen molar-refractivity contribution in [3.8, 4) is 0 Å². The second kappa shape index (κ2) is 16.6. The standard InChI is InChI=1S/C28H36FN3O7.C2H6/c1-17-6-4-10-30-24(35)9-8-18(2)26(19(3)15-29)39-28(37)23-7-5-11-32(23)27(36)22-16-38-25(31-22)14-21(34)13-20(33)12-17;1-2/h4,6,8-9,12,16,18-20,23,26,33H,5,7,10-11,13-15H2,1-3H3,(H,30,35);1-2H3/b6-4+,9-8+,17-12+;. The third kappa shape index (κ3) is 10.1. The zero-order valence-electron chi connectivity index (χ0n) is 24.5. The molecule has 1 aromatic rings. The van der Waals surface area contributed by atoms with Crippen LogP contribution >= 0.6 is 0 Å². The van der Waals surface area contributed by atoms with E-state index in [1.165, 1.54) is 17.1 Å². The molecule has 1 fully saturated rings. The zero-order valence-corrected chi connectivity index (χ0v) is 24.5. The van der Waals surface area contributed by atoms with Crippen molar-refractivity contribution in [3.05, 3.63) is 53.8 Å². The Morgan fingerprint density at radius 3 is 2.66 bits per heavy atom. The van der Waals surface area contributed by atoms with Gasteiger partial charge in [0, 0.05) is 31.3 Å². The van der Waals surface area contributed by atoms with Crippen LogP contribution in [0.15, 0.2) is 46.6 Å². The summed E-state index contributed by atoms with van der Waals surface area (Å²) in [4.78, 5) is 56.5. The number of cyclic esters (lactones) is 1. The molecule has 11 heteroatoms. The van der Waals surface area contributed by atoms with Crippen LogP contribution in [0.3, 0.4) is 0 Å². The topological polar surface area (TPSA) is 139 Å². The first-order valence-corrected chi connectivity index (χ1v) is 14.1. The van der Waals surface area contributed by atoms with Crippen LogP contribution in [0, 0.1) is 11.8 Å². The molecule has 5 unspecified atom stereocenters. The molecule has 3 heterocycles. The minimum absolute atomic E-state index is 0.0288. The van der Waals surface area contributed by atoms with Crippen molar-refractivity contribution < 1.29 is 37.8 Å². The van der Waals surface area contributed by atoms with Crippen molar-refractivity contribution in [2.45, 2.75) is 78.6 Å². The van der Waals surface area contributed by atoms with Gasteiger partial charge in [0.25, 0.3) is 5.91 Å². The Balaban J connectivity index is 0.00000287. The average molecular weight is 576 g/mol. The summed E-state index contributed by atoms with van der Waals surface area (Å²) in [6, 6.07) is -0.883. The summed E-state index contributed by atoms with van der Waals surface area (Å²) in [7, 11) is 0. The Labute approximate surface area is 240 Å². The number of hydrogen-bond acceptors (Lipinski definition) is 8. The van der Waals surface area contributed by atoms with Crippen LogP contribution in [0.4, 0.5) is 4.39 Å². The van der Waals surface area contributed by atoms with Gasteiger partial charge < -0.3 is 24.5 Å². The second-order valence-electron chi connectivity index (χ2n) is 10.1. The number of fused-ring (bicyclic) bond motifs is 3. The number of aromatic nitrogens is 1. The van der Waals surface area contributed by atoms with E-state index in [-0.39, 0.29) is 42.7 Å². The van der Waals surface area contributed by atoms with Crippen LogP contribution in [-0.2, 0) is 25.5 Å². The van der Waals surface area contributed by atoms with Crippen molar-refractivity contribution in [2.75, 3.05) is 19.8 Å². The zero-order chi connectivity index (χ0) is 30.5. The van der Waals surface area contributed by atoms with Gasteiger partial charge >= 0.3 is 5.97 Å². The molecule has 2 aliphatic rings. The van der Waals surface area contributed by atoms with Gasteiger partial charge in [0.15, 0.2) is 5.69 Å². The lowest BCUT2D eigenvalue weighted by Crippen LogP contribution is -2.44. The van der Waals surface area contributed by atoms with Crippen molar-refractivity contribution in [3.63, 3.8) is 0 Å². The molecule has 0 aromatic carbocycles. The monoisotopic (exact) mass is 575 g/mol. The number of aliphatic hydroxyl groups excluding tert-OH is 1. The number of halogens is 1. The maximum Gasteiger partial charge on any atom is 0.329 e. The summed E-state index contributed by atoms with van der Waals surface area (Å²) < 4.78 is 24.7. The molecule has 1 saturated heterocycles. The van der Waals surface area contributed by atoms with E-state index in [4.69, 9.17) is 9.15 Å². The molecule has 5 atom stereocenters. The van der Waals surface area contributed by atoms with Crippen LogP contribution in [0.25, 0.3) is 0 Å². The van der Waals surface area contributed by atoms with Crippen molar-refractivity contribution >= 4 is 23.6 Å². The SMILES string of the molecule is CC.CC1=C\C(O)CC(=O)Cc2nc(co2)C(=O)N2CCCC2C(=O)OC(C(C)CF)C(C)/C=C/C(=O)NC\C=C\1.